The van der Waals surface area contributed by atoms with Gasteiger partial charge >= 0.3 is 0 Å². The van der Waals surface area contributed by atoms with E-state index in [0.29, 0.717) is 12.2 Å². The zero-order valence-corrected chi connectivity index (χ0v) is 10.6. The first kappa shape index (κ1) is 13.1. The molecule has 98 valence electrons. The van der Waals surface area contributed by atoms with Crippen molar-refractivity contribution < 1.29 is 9.18 Å². The highest BCUT2D eigenvalue weighted by atomic mass is 19.1. The summed E-state index contributed by atoms with van der Waals surface area (Å²) in [6.45, 7) is 2.31. The number of hydrogen-bond donors (Lipinski definition) is 1. The third-order valence-corrected chi connectivity index (χ3v) is 2.85. The second-order valence-corrected chi connectivity index (χ2v) is 4.12. The molecule has 0 aliphatic carbocycles. The number of nitrogens with two attached hydrogens (primary N) is 1. The second-order valence-electron chi connectivity index (χ2n) is 4.12. The Morgan fingerprint density at radius 3 is 2.47 bits per heavy atom. The predicted octanol–water partition coefficient (Wildman–Crippen LogP) is 3.07. The molecule has 0 saturated carbocycles. The fourth-order valence-corrected chi connectivity index (χ4v) is 1.90. The molecule has 0 spiro atoms. The molecular formula is C15H15FN2O. The third-order valence-electron chi connectivity index (χ3n) is 2.85. The summed E-state index contributed by atoms with van der Waals surface area (Å²) < 4.78 is 13.8. The van der Waals surface area contributed by atoms with Crippen LogP contribution in [0.2, 0.25) is 0 Å². The molecule has 2 aromatic carbocycles. The van der Waals surface area contributed by atoms with E-state index in [0.717, 1.165) is 11.8 Å². The number of anilines is 2. The van der Waals surface area contributed by atoms with Crippen LogP contribution >= 0.6 is 0 Å². The molecule has 19 heavy (non-hydrogen) atoms. The normalized spacial score (nSPS) is 10.2. The summed E-state index contributed by atoms with van der Waals surface area (Å²) in [7, 11) is 0. The molecule has 4 heteroatoms. The number of rotatable bonds is 3. The van der Waals surface area contributed by atoms with Crippen molar-refractivity contribution in [1.29, 1.82) is 0 Å². The van der Waals surface area contributed by atoms with Crippen molar-refractivity contribution in [3.8, 4) is 0 Å². The molecule has 0 aromatic heterocycles. The summed E-state index contributed by atoms with van der Waals surface area (Å²) >= 11 is 0. The van der Waals surface area contributed by atoms with Gasteiger partial charge in [0.1, 0.15) is 5.82 Å². The highest BCUT2D eigenvalue weighted by molar-refractivity contribution is 6.06. The largest absolute Gasteiger partial charge is 0.399 e. The molecule has 0 heterocycles. The van der Waals surface area contributed by atoms with Gasteiger partial charge < -0.3 is 10.6 Å². The third kappa shape index (κ3) is 2.73. The van der Waals surface area contributed by atoms with E-state index in [2.05, 4.69) is 0 Å². The molecule has 2 aromatic rings. The number of nitrogen functional groups attached to an aromatic ring is 1. The first-order valence-electron chi connectivity index (χ1n) is 6.05. The fraction of sp³-hybridized carbons (Fsp3) is 0.133. The number of carbonyl (C=O) groups is 1. The Bertz CT molecular complexity index is 584. The number of para-hydroxylation sites is 1. The van der Waals surface area contributed by atoms with E-state index in [4.69, 9.17) is 5.73 Å². The maximum absolute atomic E-state index is 13.8. The molecule has 2 rings (SSSR count). The van der Waals surface area contributed by atoms with Crippen molar-refractivity contribution in [2.75, 3.05) is 17.2 Å². The van der Waals surface area contributed by atoms with Crippen LogP contribution in [0.5, 0.6) is 0 Å². The van der Waals surface area contributed by atoms with Gasteiger partial charge in [0.2, 0.25) is 0 Å². The SMILES string of the molecule is CCN(C(=O)c1ccc(N)cc1F)c1ccccc1. The van der Waals surface area contributed by atoms with Gasteiger partial charge in [-0.2, -0.15) is 0 Å². The molecule has 0 saturated heterocycles. The second kappa shape index (κ2) is 5.52. The van der Waals surface area contributed by atoms with Gasteiger partial charge in [0.05, 0.1) is 5.56 Å². The average molecular weight is 258 g/mol. The van der Waals surface area contributed by atoms with Gasteiger partial charge in [0.15, 0.2) is 0 Å². The van der Waals surface area contributed by atoms with Crippen molar-refractivity contribution >= 4 is 17.3 Å². The average Bonchev–Trinajstić information content (AvgIpc) is 2.40. The van der Waals surface area contributed by atoms with Crippen molar-refractivity contribution in [2.45, 2.75) is 6.92 Å². The van der Waals surface area contributed by atoms with Crippen LogP contribution < -0.4 is 10.6 Å². The van der Waals surface area contributed by atoms with Crippen LogP contribution in [0.25, 0.3) is 0 Å². The van der Waals surface area contributed by atoms with E-state index in [1.807, 2.05) is 37.3 Å². The molecule has 0 unspecified atom stereocenters. The lowest BCUT2D eigenvalue weighted by molar-refractivity contribution is 0.0984. The van der Waals surface area contributed by atoms with Gasteiger partial charge in [-0.25, -0.2) is 4.39 Å². The molecule has 0 fully saturated rings. The number of halogens is 1. The standard InChI is InChI=1S/C15H15FN2O/c1-2-18(12-6-4-3-5-7-12)15(19)13-9-8-11(17)10-14(13)16/h3-10H,2,17H2,1H3. The first-order valence-corrected chi connectivity index (χ1v) is 6.05. The summed E-state index contributed by atoms with van der Waals surface area (Å²) in [5.41, 5.74) is 6.55. The zero-order valence-electron chi connectivity index (χ0n) is 10.6. The molecule has 0 aliphatic heterocycles. The van der Waals surface area contributed by atoms with Gasteiger partial charge in [-0.05, 0) is 37.3 Å². The van der Waals surface area contributed by atoms with Gasteiger partial charge in [-0.3, -0.25) is 4.79 Å². The summed E-state index contributed by atoms with van der Waals surface area (Å²) in [6, 6.07) is 13.3. The van der Waals surface area contributed by atoms with E-state index in [1.54, 1.807) is 0 Å². The maximum atomic E-state index is 13.8. The van der Waals surface area contributed by atoms with Crippen molar-refractivity contribution in [2.24, 2.45) is 0 Å². The number of amides is 1. The Hall–Kier alpha value is -2.36. The minimum absolute atomic E-state index is 0.0277. The highest BCUT2D eigenvalue weighted by Crippen LogP contribution is 2.19. The van der Waals surface area contributed by atoms with Crippen LogP contribution in [0, 0.1) is 5.82 Å². The highest BCUT2D eigenvalue weighted by Gasteiger charge is 2.19. The number of nitrogens with zero attached hydrogens (tertiary/aromatic N) is 1. The van der Waals surface area contributed by atoms with E-state index in [9.17, 15) is 9.18 Å². The Morgan fingerprint density at radius 1 is 1.21 bits per heavy atom. The molecular weight excluding hydrogens is 243 g/mol. The molecule has 2 N–H and O–H groups in total. The van der Waals surface area contributed by atoms with Crippen molar-refractivity contribution in [3.05, 3.63) is 59.9 Å². The molecule has 0 aliphatic rings. The summed E-state index contributed by atoms with van der Waals surface area (Å²) in [5, 5.41) is 0. The smallest absolute Gasteiger partial charge is 0.261 e. The Kier molecular flexibility index (Phi) is 3.80. The van der Waals surface area contributed by atoms with E-state index in [1.165, 1.54) is 17.0 Å². The number of benzene rings is 2. The Labute approximate surface area is 111 Å². The molecule has 0 atom stereocenters. The Morgan fingerprint density at radius 2 is 1.89 bits per heavy atom. The summed E-state index contributed by atoms with van der Waals surface area (Å²) in [5.74, 6) is -0.967. The number of hydrogen-bond acceptors (Lipinski definition) is 2. The lowest BCUT2D eigenvalue weighted by Gasteiger charge is -2.21. The van der Waals surface area contributed by atoms with Crippen LogP contribution in [0.1, 0.15) is 17.3 Å². The van der Waals surface area contributed by atoms with Crippen LogP contribution in [0.4, 0.5) is 15.8 Å². The topological polar surface area (TPSA) is 46.3 Å². The lowest BCUT2D eigenvalue weighted by Crippen LogP contribution is -2.31. The van der Waals surface area contributed by atoms with Gasteiger partial charge in [0.25, 0.3) is 5.91 Å². The molecule has 1 amide bonds. The van der Waals surface area contributed by atoms with E-state index in [-0.39, 0.29) is 11.5 Å². The van der Waals surface area contributed by atoms with E-state index < -0.39 is 5.82 Å². The summed E-state index contributed by atoms with van der Waals surface area (Å²) in [6.07, 6.45) is 0. The van der Waals surface area contributed by atoms with Gasteiger partial charge in [-0.15, -0.1) is 0 Å². The van der Waals surface area contributed by atoms with Crippen molar-refractivity contribution in [1.82, 2.24) is 0 Å². The van der Waals surface area contributed by atoms with Gasteiger partial charge in [-0.1, -0.05) is 18.2 Å². The lowest BCUT2D eigenvalue weighted by atomic mass is 10.1. The minimum atomic E-state index is -0.598. The Balaban J connectivity index is 2.36. The monoisotopic (exact) mass is 258 g/mol. The molecule has 0 bridgehead atoms. The van der Waals surface area contributed by atoms with Crippen LogP contribution in [-0.4, -0.2) is 12.5 Å². The summed E-state index contributed by atoms with van der Waals surface area (Å²) in [4.78, 5) is 13.9. The number of carbonyl (C=O) groups excluding carboxylic acids is 1. The zero-order chi connectivity index (χ0) is 13.8. The van der Waals surface area contributed by atoms with E-state index >= 15 is 0 Å². The fourth-order valence-electron chi connectivity index (χ4n) is 1.90. The van der Waals surface area contributed by atoms with Crippen LogP contribution in [0.15, 0.2) is 48.5 Å². The van der Waals surface area contributed by atoms with Crippen LogP contribution in [0.3, 0.4) is 0 Å². The van der Waals surface area contributed by atoms with Crippen molar-refractivity contribution in [3.63, 3.8) is 0 Å². The minimum Gasteiger partial charge on any atom is -0.399 e. The molecule has 0 radical (unpaired) electrons. The van der Waals surface area contributed by atoms with Gasteiger partial charge in [0, 0.05) is 17.9 Å². The first-order chi connectivity index (χ1) is 9.13. The molecule has 3 nitrogen and oxygen atoms in total. The quantitative estimate of drug-likeness (QED) is 0.860. The maximum Gasteiger partial charge on any atom is 0.261 e. The predicted molar refractivity (Wildman–Crippen MR) is 74.6 cm³/mol. The van der Waals surface area contributed by atoms with Crippen LogP contribution in [-0.2, 0) is 0 Å².